The van der Waals surface area contributed by atoms with Crippen molar-refractivity contribution in [3.8, 4) is 6.07 Å². The smallest absolute Gasteiger partial charge is 0.303 e. The van der Waals surface area contributed by atoms with Gasteiger partial charge in [-0.25, -0.2) is 0 Å². The van der Waals surface area contributed by atoms with Crippen LogP contribution in [0.15, 0.2) is 11.8 Å². The van der Waals surface area contributed by atoms with Crippen LogP contribution in [0.1, 0.15) is 12.8 Å². The number of hydrogen-bond donors (Lipinski definition) is 3. The maximum absolute atomic E-state index is 11.9. The van der Waals surface area contributed by atoms with Crippen molar-refractivity contribution in [2.75, 3.05) is 45.8 Å². The number of amides is 1. The number of nitriles is 1. The molecule has 8 nitrogen and oxygen atoms in total. The lowest BCUT2D eigenvalue weighted by Crippen LogP contribution is -2.46. The van der Waals surface area contributed by atoms with Crippen molar-refractivity contribution in [2.24, 2.45) is 5.73 Å². The molecule has 1 amide bonds. The van der Waals surface area contributed by atoms with Crippen molar-refractivity contribution in [3.05, 3.63) is 11.8 Å². The third-order valence-electron chi connectivity index (χ3n) is 3.38. The average Bonchev–Trinajstić information content (AvgIpc) is 2.50. The molecule has 0 bridgehead atoms. The Balaban J connectivity index is 2.41. The highest BCUT2D eigenvalue weighted by atomic mass is 16.4. The summed E-state index contributed by atoms with van der Waals surface area (Å²) in [6.45, 7) is 4.92. The molecule has 1 fully saturated rings. The number of carboxylic acids is 1. The molecule has 0 aromatic carbocycles. The monoisotopic (exact) mass is 309 g/mol. The lowest BCUT2D eigenvalue weighted by molar-refractivity contribution is -0.137. The van der Waals surface area contributed by atoms with Gasteiger partial charge in [-0.2, -0.15) is 5.26 Å². The zero-order valence-corrected chi connectivity index (χ0v) is 12.6. The quantitative estimate of drug-likeness (QED) is 0.297. The maximum Gasteiger partial charge on any atom is 0.303 e. The van der Waals surface area contributed by atoms with Gasteiger partial charge in [-0.05, 0) is 6.42 Å². The Kier molecular flexibility index (Phi) is 7.96. The molecule has 122 valence electrons. The molecular formula is C14H23N5O3. The van der Waals surface area contributed by atoms with E-state index in [0.717, 1.165) is 32.7 Å². The third-order valence-corrected chi connectivity index (χ3v) is 3.38. The van der Waals surface area contributed by atoms with Gasteiger partial charge in [0.2, 0.25) is 0 Å². The van der Waals surface area contributed by atoms with Crippen molar-refractivity contribution in [1.29, 1.82) is 5.26 Å². The van der Waals surface area contributed by atoms with E-state index in [1.165, 1.54) is 0 Å². The fourth-order valence-corrected chi connectivity index (χ4v) is 2.16. The van der Waals surface area contributed by atoms with E-state index in [0.29, 0.717) is 13.0 Å². The first-order chi connectivity index (χ1) is 10.6. The molecule has 22 heavy (non-hydrogen) atoms. The zero-order chi connectivity index (χ0) is 16.4. The number of carbonyl (C=O) groups is 2. The molecule has 8 heteroatoms. The van der Waals surface area contributed by atoms with Crippen LogP contribution in [0.4, 0.5) is 0 Å². The van der Waals surface area contributed by atoms with Crippen LogP contribution >= 0.6 is 0 Å². The molecular weight excluding hydrogens is 286 g/mol. The van der Waals surface area contributed by atoms with E-state index >= 15 is 0 Å². The number of nitrogens with two attached hydrogens (primary N) is 1. The van der Waals surface area contributed by atoms with E-state index in [4.69, 9.17) is 16.1 Å². The number of piperazine rings is 1. The Morgan fingerprint density at radius 3 is 2.55 bits per heavy atom. The maximum atomic E-state index is 11.9. The fraction of sp³-hybridized carbons (Fsp3) is 0.643. The standard InChI is InChI=1S/C14H23N5O3/c15-3-5-18-6-8-19(9-7-18)11-12(10-16)14(22)17-4-1-2-13(20)21/h11H,1-9,15H2,(H,17,22)(H,20,21)/b12-11-. The Labute approximate surface area is 130 Å². The lowest BCUT2D eigenvalue weighted by atomic mass is 10.2. The summed E-state index contributed by atoms with van der Waals surface area (Å²) in [5, 5.41) is 20.2. The van der Waals surface area contributed by atoms with Gasteiger partial charge in [0.15, 0.2) is 0 Å². The minimum Gasteiger partial charge on any atom is -0.481 e. The number of aliphatic carboxylic acids is 1. The summed E-state index contributed by atoms with van der Waals surface area (Å²) in [7, 11) is 0. The number of nitrogens with one attached hydrogen (secondary N) is 1. The molecule has 1 aliphatic heterocycles. The summed E-state index contributed by atoms with van der Waals surface area (Å²) in [6, 6.07) is 1.89. The van der Waals surface area contributed by atoms with Crippen LogP contribution in [0.25, 0.3) is 0 Å². The topological polar surface area (TPSA) is 123 Å². The first kappa shape index (κ1) is 17.9. The molecule has 0 spiro atoms. The number of rotatable bonds is 8. The summed E-state index contributed by atoms with van der Waals surface area (Å²) in [5.74, 6) is -1.36. The number of nitrogens with zero attached hydrogens (tertiary/aromatic N) is 3. The average molecular weight is 309 g/mol. The highest BCUT2D eigenvalue weighted by Gasteiger charge is 2.16. The van der Waals surface area contributed by atoms with Crippen LogP contribution in [-0.2, 0) is 9.59 Å². The summed E-state index contributed by atoms with van der Waals surface area (Å²) >= 11 is 0. The van der Waals surface area contributed by atoms with Gasteiger partial charge in [-0.15, -0.1) is 0 Å². The van der Waals surface area contributed by atoms with Crippen molar-refractivity contribution < 1.29 is 14.7 Å². The van der Waals surface area contributed by atoms with Gasteiger partial charge in [0.25, 0.3) is 5.91 Å². The second kappa shape index (κ2) is 9.76. The van der Waals surface area contributed by atoms with Gasteiger partial charge in [0.05, 0.1) is 0 Å². The van der Waals surface area contributed by atoms with Gasteiger partial charge in [-0.3, -0.25) is 14.5 Å². The molecule has 0 aliphatic carbocycles. The molecule has 0 radical (unpaired) electrons. The Morgan fingerprint density at radius 2 is 2.00 bits per heavy atom. The zero-order valence-electron chi connectivity index (χ0n) is 12.6. The Morgan fingerprint density at radius 1 is 1.32 bits per heavy atom. The normalized spacial score (nSPS) is 16.2. The highest BCUT2D eigenvalue weighted by Crippen LogP contribution is 2.04. The van der Waals surface area contributed by atoms with Crippen molar-refractivity contribution >= 4 is 11.9 Å². The molecule has 4 N–H and O–H groups in total. The van der Waals surface area contributed by atoms with Gasteiger partial charge < -0.3 is 21.1 Å². The molecule has 1 saturated heterocycles. The molecule has 0 atom stereocenters. The van der Waals surface area contributed by atoms with E-state index in [-0.39, 0.29) is 18.5 Å². The van der Waals surface area contributed by atoms with Crippen molar-refractivity contribution in [3.63, 3.8) is 0 Å². The van der Waals surface area contributed by atoms with Gasteiger partial charge in [0.1, 0.15) is 11.6 Å². The van der Waals surface area contributed by atoms with Crippen molar-refractivity contribution in [1.82, 2.24) is 15.1 Å². The Hall–Kier alpha value is -2.11. The van der Waals surface area contributed by atoms with Crippen LogP contribution in [0, 0.1) is 11.3 Å². The van der Waals surface area contributed by atoms with E-state index < -0.39 is 11.9 Å². The lowest BCUT2D eigenvalue weighted by Gasteiger charge is -2.33. The fourth-order valence-electron chi connectivity index (χ4n) is 2.16. The molecule has 0 unspecified atom stereocenters. The van der Waals surface area contributed by atoms with E-state index in [9.17, 15) is 9.59 Å². The molecule has 1 aliphatic rings. The molecule has 0 aromatic rings. The second-order valence-corrected chi connectivity index (χ2v) is 5.07. The van der Waals surface area contributed by atoms with Gasteiger partial charge in [-0.1, -0.05) is 0 Å². The van der Waals surface area contributed by atoms with E-state index in [1.54, 1.807) is 6.20 Å². The van der Waals surface area contributed by atoms with E-state index in [1.807, 2.05) is 11.0 Å². The minimum atomic E-state index is -0.902. The van der Waals surface area contributed by atoms with Crippen LogP contribution in [0.3, 0.4) is 0 Å². The molecule has 0 saturated carbocycles. The third kappa shape index (κ3) is 6.56. The Bertz CT molecular complexity index is 450. The highest BCUT2D eigenvalue weighted by molar-refractivity contribution is 5.97. The SMILES string of the molecule is N#C/C(=C/N1CCN(CCN)CC1)C(=O)NCCCC(=O)O. The predicted octanol–water partition coefficient (Wildman–Crippen LogP) is -1.05. The van der Waals surface area contributed by atoms with Crippen LogP contribution in [0.2, 0.25) is 0 Å². The van der Waals surface area contributed by atoms with Gasteiger partial charge in [0, 0.05) is 58.4 Å². The van der Waals surface area contributed by atoms with Crippen LogP contribution in [0.5, 0.6) is 0 Å². The minimum absolute atomic E-state index is 0.00498. The number of hydrogen-bond acceptors (Lipinski definition) is 6. The first-order valence-corrected chi connectivity index (χ1v) is 7.35. The summed E-state index contributed by atoms with van der Waals surface area (Å²) in [4.78, 5) is 26.4. The molecule has 0 aromatic heterocycles. The summed E-state index contributed by atoms with van der Waals surface area (Å²) < 4.78 is 0. The van der Waals surface area contributed by atoms with Crippen molar-refractivity contribution in [2.45, 2.75) is 12.8 Å². The predicted molar refractivity (Wildman–Crippen MR) is 80.6 cm³/mol. The summed E-state index contributed by atoms with van der Waals surface area (Å²) in [6.07, 6.45) is 1.92. The van der Waals surface area contributed by atoms with Gasteiger partial charge >= 0.3 is 5.97 Å². The molecule has 1 heterocycles. The number of carbonyl (C=O) groups excluding carboxylic acids is 1. The van der Waals surface area contributed by atoms with Crippen LogP contribution in [-0.4, -0.2) is 72.6 Å². The summed E-state index contributed by atoms with van der Waals surface area (Å²) in [5.41, 5.74) is 5.56. The molecule has 1 rings (SSSR count). The van der Waals surface area contributed by atoms with E-state index in [2.05, 4.69) is 10.2 Å². The first-order valence-electron chi connectivity index (χ1n) is 7.35. The second-order valence-electron chi connectivity index (χ2n) is 5.07. The largest absolute Gasteiger partial charge is 0.481 e. The van der Waals surface area contributed by atoms with Crippen LogP contribution < -0.4 is 11.1 Å². The number of carboxylic acid groups (broad SMARTS) is 1.